The van der Waals surface area contributed by atoms with E-state index in [1.54, 1.807) is 0 Å². The van der Waals surface area contributed by atoms with Gasteiger partial charge in [0.2, 0.25) is 5.96 Å². The molecule has 0 saturated carbocycles. The zero-order valence-electron chi connectivity index (χ0n) is 17.4. The summed E-state index contributed by atoms with van der Waals surface area (Å²) in [6, 6.07) is 14.8. The minimum atomic E-state index is 0.159. The number of hydrogen-bond donors (Lipinski definition) is 1. The number of thiazole rings is 1. The van der Waals surface area contributed by atoms with Crippen LogP contribution in [0.3, 0.4) is 0 Å². The number of nitrogens with two attached hydrogens (primary N) is 1. The van der Waals surface area contributed by atoms with Crippen molar-refractivity contribution in [1.82, 2.24) is 25.0 Å². The van der Waals surface area contributed by atoms with Gasteiger partial charge in [0, 0.05) is 31.7 Å². The zero-order chi connectivity index (χ0) is 21.4. The Morgan fingerprint density at radius 2 is 1.84 bits per heavy atom. The van der Waals surface area contributed by atoms with Crippen molar-refractivity contribution in [2.75, 3.05) is 33.2 Å². The van der Waals surface area contributed by atoms with Gasteiger partial charge in [-0.25, -0.2) is 4.98 Å². The van der Waals surface area contributed by atoms with E-state index in [0.29, 0.717) is 11.9 Å². The molecule has 1 aliphatic rings. The van der Waals surface area contributed by atoms with E-state index in [1.165, 1.54) is 22.1 Å². The topological polar surface area (TPSA) is 96.7 Å². The number of aryl methyl sites for hydroxylation is 1. The number of piperazine rings is 1. The molecule has 9 heteroatoms. The van der Waals surface area contributed by atoms with Gasteiger partial charge in [0.25, 0.3) is 5.89 Å². The number of rotatable bonds is 3. The van der Waals surface area contributed by atoms with Crippen LogP contribution in [-0.2, 0) is 0 Å². The number of nitrogens with zero attached hydrogens (tertiary/aromatic N) is 6. The highest BCUT2D eigenvalue weighted by molar-refractivity contribution is 7.18. The minimum Gasteiger partial charge on any atom is -0.401 e. The largest absolute Gasteiger partial charge is 0.401 e. The molecule has 0 unspecified atom stereocenters. The summed E-state index contributed by atoms with van der Waals surface area (Å²) in [7, 11) is 2.10. The average molecular weight is 434 g/mol. The van der Waals surface area contributed by atoms with Crippen LogP contribution in [0.5, 0.6) is 0 Å². The van der Waals surface area contributed by atoms with Crippen molar-refractivity contribution in [3.05, 3.63) is 48.2 Å². The van der Waals surface area contributed by atoms with Crippen LogP contribution in [-0.4, -0.2) is 64.2 Å². The lowest BCUT2D eigenvalue weighted by molar-refractivity contribution is 0.214. The fourth-order valence-electron chi connectivity index (χ4n) is 3.60. The van der Waals surface area contributed by atoms with Gasteiger partial charge >= 0.3 is 6.01 Å². The van der Waals surface area contributed by atoms with E-state index in [9.17, 15) is 0 Å². The molecule has 0 spiro atoms. The molecule has 0 amide bonds. The predicted octanol–water partition coefficient (Wildman–Crippen LogP) is 3.52. The molecule has 31 heavy (non-hydrogen) atoms. The Labute approximate surface area is 184 Å². The molecule has 3 heterocycles. The third-order valence-electron chi connectivity index (χ3n) is 5.44. The van der Waals surface area contributed by atoms with Gasteiger partial charge in [0.1, 0.15) is 9.88 Å². The molecule has 2 N–H and O–H groups in total. The first-order valence-electron chi connectivity index (χ1n) is 10.1. The van der Waals surface area contributed by atoms with Crippen molar-refractivity contribution < 1.29 is 4.42 Å². The standard InChI is InChI=1S/C22H23N7OS/c1-14-18(31-20(24-14)17-8-7-15-5-3-4-6-16(15)13-17)19-26-27-22(30-19)25-21(23)29-11-9-28(2)10-12-29/h3-8,13H,9-12H2,1-2H3,(H2,23,25,27). The van der Waals surface area contributed by atoms with Crippen LogP contribution in [0.1, 0.15) is 5.69 Å². The Kier molecular flexibility index (Phi) is 5.13. The molecular formula is C22H23N7OS. The fourth-order valence-corrected chi connectivity index (χ4v) is 4.58. The molecule has 4 aromatic rings. The van der Waals surface area contributed by atoms with Crippen molar-refractivity contribution in [3.63, 3.8) is 0 Å². The maximum absolute atomic E-state index is 6.15. The molecule has 8 nitrogen and oxygen atoms in total. The third kappa shape index (κ3) is 4.01. The van der Waals surface area contributed by atoms with Crippen LogP contribution in [0.2, 0.25) is 0 Å². The molecular weight excluding hydrogens is 410 g/mol. The van der Waals surface area contributed by atoms with E-state index in [-0.39, 0.29) is 6.01 Å². The van der Waals surface area contributed by atoms with Crippen LogP contribution >= 0.6 is 11.3 Å². The molecule has 2 aromatic carbocycles. The quantitative estimate of drug-likeness (QED) is 0.390. The van der Waals surface area contributed by atoms with E-state index < -0.39 is 0 Å². The van der Waals surface area contributed by atoms with Gasteiger partial charge in [-0.05, 0) is 30.8 Å². The molecule has 1 saturated heterocycles. The Bertz CT molecular complexity index is 1250. The number of guanidine groups is 1. The summed E-state index contributed by atoms with van der Waals surface area (Å²) in [5, 5.41) is 11.5. The maximum Gasteiger partial charge on any atom is 0.346 e. The van der Waals surface area contributed by atoms with Crippen LogP contribution in [0.4, 0.5) is 6.01 Å². The summed E-state index contributed by atoms with van der Waals surface area (Å²) >= 11 is 1.53. The molecule has 5 rings (SSSR count). The second kappa shape index (κ2) is 8.09. The molecule has 1 fully saturated rings. The second-order valence-electron chi connectivity index (χ2n) is 7.65. The summed E-state index contributed by atoms with van der Waals surface area (Å²) in [6.45, 7) is 5.50. The molecule has 158 valence electrons. The molecule has 0 atom stereocenters. The van der Waals surface area contributed by atoms with Crippen molar-refractivity contribution in [1.29, 1.82) is 0 Å². The highest BCUT2D eigenvalue weighted by Gasteiger charge is 2.19. The van der Waals surface area contributed by atoms with Gasteiger partial charge < -0.3 is 20.0 Å². The summed E-state index contributed by atoms with van der Waals surface area (Å²) < 4.78 is 5.80. The Hall–Kier alpha value is -3.30. The van der Waals surface area contributed by atoms with Gasteiger partial charge in [-0.2, -0.15) is 4.99 Å². The van der Waals surface area contributed by atoms with Crippen LogP contribution in [0, 0.1) is 6.92 Å². The van der Waals surface area contributed by atoms with Crippen molar-refractivity contribution in [2.45, 2.75) is 6.92 Å². The number of fused-ring (bicyclic) bond motifs is 1. The van der Waals surface area contributed by atoms with Crippen LogP contribution in [0.25, 0.3) is 32.1 Å². The number of likely N-dealkylation sites (N-methyl/N-ethyl adjacent to an activating group) is 1. The Balaban J connectivity index is 1.39. The zero-order valence-corrected chi connectivity index (χ0v) is 18.3. The molecule has 0 bridgehead atoms. The maximum atomic E-state index is 6.15. The highest BCUT2D eigenvalue weighted by atomic mass is 32.1. The first-order chi connectivity index (χ1) is 15.1. The Morgan fingerprint density at radius 3 is 2.65 bits per heavy atom. The number of aromatic nitrogens is 3. The summed E-state index contributed by atoms with van der Waals surface area (Å²) in [4.78, 5) is 14.2. The van der Waals surface area contributed by atoms with E-state index in [0.717, 1.165) is 47.3 Å². The lowest BCUT2D eigenvalue weighted by atomic mass is 10.1. The normalized spacial score (nSPS) is 15.7. The summed E-state index contributed by atoms with van der Waals surface area (Å²) in [5.74, 6) is 0.813. The van der Waals surface area contributed by atoms with E-state index in [1.807, 2.05) is 24.0 Å². The fraction of sp³-hybridized carbons (Fsp3) is 0.273. The van der Waals surface area contributed by atoms with Gasteiger partial charge in [-0.15, -0.1) is 16.4 Å². The monoisotopic (exact) mass is 433 g/mol. The molecule has 0 aliphatic carbocycles. The smallest absolute Gasteiger partial charge is 0.346 e. The average Bonchev–Trinajstić information content (AvgIpc) is 3.40. The van der Waals surface area contributed by atoms with E-state index >= 15 is 0 Å². The number of hydrogen-bond acceptors (Lipinski definition) is 7. The van der Waals surface area contributed by atoms with E-state index in [4.69, 9.17) is 15.1 Å². The molecule has 1 aliphatic heterocycles. The first-order valence-corrected chi connectivity index (χ1v) is 11.0. The van der Waals surface area contributed by atoms with Crippen molar-refractivity contribution in [2.24, 2.45) is 10.7 Å². The predicted molar refractivity (Wildman–Crippen MR) is 123 cm³/mol. The van der Waals surface area contributed by atoms with Gasteiger partial charge in [-0.1, -0.05) is 41.5 Å². The van der Waals surface area contributed by atoms with Crippen molar-refractivity contribution >= 4 is 34.1 Å². The number of benzene rings is 2. The minimum absolute atomic E-state index is 0.159. The highest BCUT2D eigenvalue weighted by Crippen LogP contribution is 2.36. The lowest BCUT2D eigenvalue weighted by Gasteiger charge is -2.32. The van der Waals surface area contributed by atoms with Gasteiger partial charge in [0.05, 0.1) is 5.69 Å². The van der Waals surface area contributed by atoms with Crippen LogP contribution < -0.4 is 5.73 Å². The Morgan fingerprint density at radius 1 is 1.06 bits per heavy atom. The molecule has 0 radical (unpaired) electrons. The van der Waals surface area contributed by atoms with E-state index in [2.05, 4.69) is 57.5 Å². The van der Waals surface area contributed by atoms with Crippen LogP contribution in [0.15, 0.2) is 51.9 Å². The summed E-state index contributed by atoms with van der Waals surface area (Å²) in [5.41, 5.74) is 8.06. The summed E-state index contributed by atoms with van der Waals surface area (Å²) in [6.07, 6.45) is 0. The SMILES string of the molecule is Cc1nc(-c2ccc3ccccc3c2)sc1-c1nnc(/N=C(\N)N2CCN(C)CC2)o1. The van der Waals surface area contributed by atoms with Crippen molar-refractivity contribution in [3.8, 4) is 21.3 Å². The first kappa shape index (κ1) is 19.7. The number of aliphatic imine (C=N–C) groups is 1. The lowest BCUT2D eigenvalue weighted by Crippen LogP contribution is -2.49. The van der Waals surface area contributed by atoms with Gasteiger partial charge in [0.15, 0.2) is 0 Å². The second-order valence-corrected chi connectivity index (χ2v) is 8.64. The molecule has 2 aromatic heterocycles. The van der Waals surface area contributed by atoms with Gasteiger partial charge in [-0.3, -0.25) is 0 Å². The third-order valence-corrected chi connectivity index (χ3v) is 6.63.